The molecule has 0 nitrogen and oxygen atoms in total. The summed E-state index contributed by atoms with van der Waals surface area (Å²) >= 11 is 0. The van der Waals surface area contributed by atoms with E-state index in [0.717, 1.165) is 0 Å². The van der Waals surface area contributed by atoms with Gasteiger partial charge in [-0.2, -0.15) is 0 Å². The first-order valence-electron chi connectivity index (χ1n) is 8.63. The molecule has 0 aromatic heterocycles. The molecule has 0 heteroatoms. The molecule has 0 aromatic rings. The van der Waals surface area contributed by atoms with Crippen molar-refractivity contribution in [1.29, 1.82) is 0 Å². The molecule has 0 unspecified atom stereocenters. The van der Waals surface area contributed by atoms with E-state index < -0.39 is 0 Å². The Hall–Kier alpha value is 0. The van der Waals surface area contributed by atoms with E-state index in [4.69, 9.17) is 0 Å². The molecule has 0 N–H and O–H groups in total. The third-order valence-corrected chi connectivity index (χ3v) is 4.14. The highest BCUT2D eigenvalue weighted by Gasteiger charge is 1.96. The Labute approximate surface area is 116 Å². The maximum Gasteiger partial charge on any atom is -0.0386 e. The van der Waals surface area contributed by atoms with Crippen LogP contribution in [-0.2, 0) is 0 Å². The molecule has 0 aromatic carbocycles. The van der Waals surface area contributed by atoms with E-state index in [2.05, 4.69) is 12.8 Å². The molecule has 0 heterocycles. The predicted molar refractivity (Wildman–Crippen MR) is 82.5 cm³/mol. The van der Waals surface area contributed by atoms with Crippen molar-refractivity contribution in [3.05, 3.63) is 12.8 Å². The molecule has 0 aliphatic heterocycles. The lowest BCUT2D eigenvalue weighted by atomic mass is 10.0. The third kappa shape index (κ3) is 11.1. The van der Waals surface area contributed by atoms with E-state index in [1.54, 1.807) is 0 Å². The van der Waals surface area contributed by atoms with Crippen LogP contribution >= 0.6 is 0 Å². The molecule has 1 aliphatic carbocycles. The van der Waals surface area contributed by atoms with E-state index in [9.17, 15) is 0 Å². The van der Waals surface area contributed by atoms with Gasteiger partial charge < -0.3 is 0 Å². The largest absolute Gasteiger partial charge is 0.0533 e. The van der Waals surface area contributed by atoms with Gasteiger partial charge in [-0.25, -0.2) is 0 Å². The first-order valence-corrected chi connectivity index (χ1v) is 8.63. The van der Waals surface area contributed by atoms with Crippen LogP contribution < -0.4 is 0 Å². The Balaban J connectivity index is 2.00. The molecule has 2 radical (unpaired) electrons. The molecule has 0 amide bonds. The lowest BCUT2D eigenvalue weighted by molar-refractivity contribution is 0.535. The monoisotopic (exact) mass is 250 g/mol. The molecule has 18 heavy (non-hydrogen) atoms. The van der Waals surface area contributed by atoms with Gasteiger partial charge in [0.2, 0.25) is 0 Å². The van der Waals surface area contributed by atoms with E-state index in [1.807, 2.05) is 0 Å². The van der Waals surface area contributed by atoms with Gasteiger partial charge in [0.15, 0.2) is 0 Å². The molecule has 106 valence electrons. The Kier molecular flexibility index (Phi) is 12.0. The maximum absolute atomic E-state index is 2.51. The summed E-state index contributed by atoms with van der Waals surface area (Å²) in [6.07, 6.45) is 28.0. The molecule has 1 rings (SSSR count). The molecular formula is C18H34. The lowest BCUT2D eigenvalue weighted by Gasteiger charge is -2.05. The van der Waals surface area contributed by atoms with Crippen LogP contribution in [0.4, 0.5) is 0 Å². The summed E-state index contributed by atoms with van der Waals surface area (Å²) in [4.78, 5) is 0. The van der Waals surface area contributed by atoms with Crippen LogP contribution in [0, 0.1) is 12.8 Å². The molecule has 0 saturated heterocycles. The highest BCUT2D eigenvalue weighted by atomic mass is 14.0. The lowest BCUT2D eigenvalue weighted by Crippen LogP contribution is -1.86. The summed E-state index contributed by atoms with van der Waals surface area (Å²) in [5.41, 5.74) is 0. The van der Waals surface area contributed by atoms with Gasteiger partial charge in [-0.1, -0.05) is 89.9 Å². The van der Waals surface area contributed by atoms with E-state index in [1.165, 1.54) is 103 Å². The van der Waals surface area contributed by atoms with Gasteiger partial charge in [-0.15, -0.1) is 0 Å². The van der Waals surface area contributed by atoms with Gasteiger partial charge in [0.25, 0.3) is 0 Å². The second kappa shape index (κ2) is 13.4. The van der Waals surface area contributed by atoms with Gasteiger partial charge in [-0.05, 0) is 25.7 Å². The van der Waals surface area contributed by atoms with Crippen LogP contribution in [0.15, 0.2) is 0 Å². The molecule has 1 fully saturated rings. The van der Waals surface area contributed by atoms with Crippen molar-refractivity contribution in [2.24, 2.45) is 0 Å². The second-order valence-corrected chi connectivity index (χ2v) is 5.97. The van der Waals surface area contributed by atoms with Crippen molar-refractivity contribution in [2.45, 2.75) is 103 Å². The zero-order chi connectivity index (χ0) is 12.7. The summed E-state index contributed by atoms with van der Waals surface area (Å²) in [5, 5.41) is 0. The van der Waals surface area contributed by atoms with Crippen LogP contribution in [0.3, 0.4) is 0 Å². The molecule has 0 bridgehead atoms. The van der Waals surface area contributed by atoms with Crippen molar-refractivity contribution in [1.82, 2.24) is 0 Å². The highest BCUT2D eigenvalue weighted by Crippen LogP contribution is 2.15. The van der Waals surface area contributed by atoms with Crippen molar-refractivity contribution in [3.8, 4) is 0 Å². The minimum atomic E-state index is 1.32. The van der Waals surface area contributed by atoms with E-state index >= 15 is 0 Å². The normalized spacial score (nSPS) is 24.0. The van der Waals surface area contributed by atoms with Gasteiger partial charge in [0.05, 0.1) is 0 Å². The van der Waals surface area contributed by atoms with Crippen molar-refractivity contribution in [2.75, 3.05) is 0 Å². The standard InChI is InChI=1S/C18H34/c1-2-4-6-8-10-12-14-16-18-17-15-13-11-9-7-5-3-1/h1,6H,2-5,7-18H2. The molecule has 0 atom stereocenters. The first kappa shape index (κ1) is 16.1. The quantitative estimate of drug-likeness (QED) is 0.451. The highest BCUT2D eigenvalue weighted by molar-refractivity contribution is 4.72. The van der Waals surface area contributed by atoms with E-state index in [0.29, 0.717) is 0 Å². The van der Waals surface area contributed by atoms with Gasteiger partial charge in [0.1, 0.15) is 0 Å². The van der Waals surface area contributed by atoms with Crippen LogP contribution in [0.25, 0.3) is 0 Å². The zero-order valence-electron chi connectivity index (χ0n) is 12.5. The average Bonchev–Trinajstić information content (AvgIpc) is 2.39. The predicted octanol–water partition coefficient (Wildman–Crippen LogP) is 6.65. The smallest absolute Gasteiger partial charge is 0.0386 e. The Bertz CT molecular complexity index is 75.1. The second-order valence-electron chi connectivity index (χ2n) is 5.97. The van der Waals surface area contributed by atoms with Crippen molar-refractivity contribution < 1.29 is 0 Å². The van der Waals surface area contributed by atoms with Crippen LogP contribution in [0.5, 0.6) is 0 Å². The summed E-state index contributed by atoms with van der Waals surface area (Å²) in [6, 6.07) is 0. The fourth-order valence-corrected chi connectivity index (χ4v) is 2.87. The van der Waals surface area contributed by atoms with Crippen molar-refractivity contribution in [3.63, 3.8) is 0 Å². The van der Waals surface area contributed by atoms with Gasteiger partial charge in [0, 0.05) is 0 Å². The third-order valence-electron chi connectivity index (χ3n) is 4.14. The zero-order valence-corrected chi connectivity index (χ0v) is 12.5. The van der Waals surface area contributed by atoms with Crippen LogP contribution in [0.1, 0.15) is 103 Å². The first-order chi connectivity index (χ1) is 9.00. The van der Waals surface area contributed by atoms with Gasteiger partial charge in [-0.3, -0.25) is 0 Å². The molecule has 0 spiro atoms. The fourth-order valence-electron chi connectivity index (χ4n) is 2.87. The van der Waals surface area contributed by atoms with Gasteiger partial charge >= 0.3 is 0 Å². The summed E-state index contributed by atoms with van der Waals surface area (Å²) in [6.45, 7) is 0. The fraction of sp³-hybridized carbons (Fsp3) is 0.889. The summed E-state index contributed by atoms with van der Waals surface area (Å²) in [5.74, 6) is 0. The van der Waals surface area contributed by atoms with Crippen LogP contribution in [-0.4, -0.2) is 0 Å². The van der Waals surface area contributed by atoms with Crippen LogP contribution in [0.2, 0.25) is 0 Å². The average molecular weight is 250 g/mol. The number of rotatable bonds is 0. The topological polar surface area (TPSA) is 0 Å². The minimum absolute atomic E-state index is 1.32. The number of hydrogen-bond donors (Lipinski definition) is 0. The molecular weight excluding hydrogens is 216 g/mol. The SMILES string of the molecule is [CH]1CC[CH]CCCCCCCCCCCCCC1. The molecule has 1 saturated carbocycles. The van der Waals surface area contributed by atoms with Crippen molar-refractivity contribution >= 4 is 0 Å². The maximum atomic E-state index is 2.51. The Morgan fingerprint density at radius 2 is 0.556 bits per heavy atom. The Morgan fingerprint density at radius 1 is 0.278 bits per heavy atom. The molecule has 1 aliphatic rings. The number of hydrogen-bond acceptors (Lipinski definition) is 0. The summed E-state index contributed by atoms with van der Waals surface area (Å²) in [7, 11) is 0. The van der Waals surface area contributed by atoms with E-state index in [-0.39, 0.29) is 0 Å². The Morgan fingerprint density at radius 3 is 0.889 bits per heavy atom. The minimum Gasteiger partial charge on any atom is -0.0533 e. The summed E-state index contributed by atoms with van der Waals surface area (Å²) < 4.78 is 0.